The first kappa shape index (κ1) is 17.8. The van der Waals surface area contributed by atoms with E-state index in [1.54, 1.807) is 71.3 Å². The van der Waals surface area contributed by atoms with Crippen LogP contribution in [0.2, 0.25) is 0 Å². The number of phenols is 2. The fraction of sp³-hybridized carbons (Fsp3) is 0.250. The van der Waals surface area contributed by atoms with E-state index in [0.717, 1.165) is 30.7 Å². The lowest BCUT2D eigenvalue weighted by Gasteiger charge is -2.19. The van der Waals surface area contributed by atoms with Gasteiger partial charge in [-0.2, -0.15) is 0 Å². The van der Waals surface area contributed by atoms with Gasteiger partial charge in [0.25, 0.3) is 0 Å². The molecule has 0 fully saturated rings. The smallest absolute Gasteiger partial charge is 0.117 e. The molecule has 2 aromatic rings. The first-order valence-electron chi connectivity index (χ1n) is 6.46. The van der Waals surface area contributed by atoms with E-state index in [2.05, 4.69) is 0 Å². The van der Waals surface area contributed by atoms with Crippen LogP contribution in [0.5, 0.6) is 11.5 Å². The van der Waals surface area contributed by atoms with Crippen molar-refractivity contribution in [1.82, 2.24) is 0 Å². The summed E-state index contributed by atoms with van der Waals surface area (Å²) in [5.74, 6) is 0.570. The van der Waals surface area contributed by atoms with Gasteiger partial charge in [0.2, 0.25) is 0 Å². The molecule has 0 heterocycles. The van der Waals surface area contributed by atoms with Gasteiger partial charge < -0.3 is 10.2 Å². The number of benzene rings is 2. The van der Waals surface area contributed by atoms with Crippen molar-refractivity contribution in [1.29, 1.82) is 0 Å². The summed E-state index contributed by atoms with van der Waals surface area (Å²) in [6.45, 7) is 0. The zero-order chi connectivity index (χ0) is 16.3. The summed E-state index contributed by atoms with van der Waals surface area (Å²) in [7, 11) is 0. The Labute approximate surface area is 148 Å². The molecular formula is C16H18O2S4. The van der Waals surface area contributed by atoms with E-state index in [0.29, 0.717) is 0 Å². The minimum absolute atomic E-state index is 0.285. The van der Waals surface area contributed by atoms with Gasteiger partial charge in [0, 0.05) is 30.7 Å². The molecule has 0 aliphatic rings. The zero-order valence-corrected chi connectivity index (χ0v) is 16.1. The van der Waals surface area contributed by atoms with Crippen LogP contribution in [0.15, 0.2) is 43.8 Å². The Kier molecular flexibility index (Phi) is 6.32. The summed E-state index contributed by atoms with van der Waals surface area (Å²) >= 11 is 6.49. The van der Waals surface area contributed by atoms with Crippen molar-refractivity contribution in [3.63, 3.8) is 0 Å². The van der Waals surface area contributed by atoms with Crippen molar-refractivity contribution < 1.29 is 10.2 Å². The van der Waals surface area contributed by atoms with Crippen molar-refractivity contribution in [3.05, 3.63) is 24.3 Å². The molecule has 0 unspecified atom stereocenters. The highest BCUT2D eigenvalue weighted by molar-refractivity contribution is 8.00. The molecule has 118 valence electrons. The maximum absolute atomic E-state index is 9.95. The Bertz CT molecular complexity index is 576. The number of aromatic hydroxyl groups is 2. The fourth-order valence-electron chi connectivity index (χ4n) is 2.29. The molecule has 0 saturated carbocycles. The molecule has 0 aromatic heterocycles. The van der Waals surface area contributed by atoms with E-state index in [1.165, 1.54) is 0 Å². The van der Waals surface area contributed by atoms with Gasteiger partial charge >= 0.3 is 0 Å². The van der Waals surface area contributed by atoms with Crippen LogP contribution in [-0.2, 0) is 0 Å². The second-order valence-electron chi connectivity index (χ2n) is 4.45. The van der Waals surface area contributed by atoms with Crippen molar-refractivity contribution in [3.8, 4) is 22.6 Å². The Balaban J connectivity index is 2.86. The molecule has 0 spiro atoms. The lowest BCUT2D eigenvalue weighted by atomic mass is 10.0. The first-order valence-corrected chi connectivity index (χ1v) is 11.4. The maximum Gasteiger partial charge on any atom is 0.117 e. The van der Waals surface area contributed by atoms with Crippen LogP contribution < -0.4 is 0 Å². The maximum atomic E-state index is 9.95. The summed E-state index contributed by atoms with van der Waals surface area (Å²) in [5.41, 5.74) is 2.26. The molecule has 22 heavy (non-hydrogen) atoms. The van der Waals surface area contributed by atoms with Crippen LogP contribution >= 0.6 is 47.0 Å². The quantitative estimate of drug-likeness (QED) is 0.663. The van der Waals surface area contributed by atoms with Crippen LogP contribution in [0, 0.1) is 0 Å². The third-order valence-corrected chi connectivity index (χ3v) is 6.28. The molecule has 2 rings (SSSR count). The highest BCUT2D eigenvalue weighted by Crippen LogP contribution is 2.48. The molecule has 0 aliphatic carbocycles. The standard InChI is InChI=1S/C16H18O2S4/c1-19-11-5-9(17)6-12(20-2)15(11)16-13(21-3)7-10(18)8-14(16)22-4/h5-8,17-18H,1-4H3. The van der Waals surface area contributed by atoms with Crippen LogP contribution in [-0.4, -0.2) is 35.2 Å². The number of phenolic OH excluding ortho intramolecular Hbond substituents is 2. The predicted molar refractivity (Wildman–Crippen MR) is 102 cm³/mol. The summed E-state index contributed by atoms with van der Waals surface area (Å²) in [4.78, 5) is 4.17. The normalized spacial score (nSPS) is 10.9. The van der Waals surface area contributed by atoms with Gasteiger partial charge in [-0.05, 0) is 49.3 Å². The van der Waals surface area contributed by atoms with E-state index in [9.17, 15) is 10.2 Å². The molecule has 2 nitrogen and oxygen atoms in total. The van der Waals surface area contributed by atoms with Crippen LogP contribution in [0.3, 0.4) is 0 Å². The Morgan fingerprint density at radius 1 is 0.545 bits per heavy atom. The van der Waals surface area contributed by atoms with E-state index < -0.39 is 0 Å². The molecule has 2 N–H and O–H groups in total. The van der Waals surface area contributed by atoms with Crippen molar-refractivity contribution in [2.45, 2.75) is 19.6 Å². The molecule has 0 radical (unpaired) electrons. The summed E-state index contributed by atoms with van der Waals surface area (Å²) in [5, 5.41) is 19.9. The predicted octanol–water partition coefficient (Wildman–Crippen LogP) is 5.65. The topological polar surface area (TPSA) is 40.5 Å². The van der Waals surface area contributed by atoms with E-state index in [1.807, 2.05) is 25.0 Å². The second kappa shape index (κ2) is 7.81. The Hall–Kier alpha value is -0.560. The number of rotatable bonds is 5. The molecule has 0 aliphatic heterocycles. The van der Waals surface area contributed by atoms with E-state index >= 15 is 0 Å². The molecule has 2 aromatic carbocycles. The molecule has 6 heteroatoms. The number of hydrogen-bond donors (Lipinski definition) is 2. The summed E-state index contributed by atoms with van der Waals surface area (Å²) in [6, 6.07) is 7.23. The van der Waals surface area contributed by atoms with Gasteiger partial charge in [0.1, 0.15) is 11.5 Å². The van der Waals surface area contributed by atoms with Gasteiger partial charge in [-0.3, -0.25) is 0 Å². The summed E-state index contributed by atoms with van der Waals surface area (Å²) < 4.78 is 0. The first-order chi connectivity index (χ1) is 10.5. The van der Waals surface area contributed by atoms with Gasteiger partial charge in [-0.1, -0.05) is 0 Å². The van der Waals surface area contributed by atoms with Crippen LogP contribution in [0.1, 0.15) is 0 Å². The lowest BCUT2D eigenvalue weighted by Crippen LogP contribution is -1.92. The van der Waals surface area contributed by atoms with Crippen LogP contribution in [0.25, 0.3) is 11.1 Å². The van der Waals surface area contributed by atoms with Crippen molar-refractivity contribution >= 4 is 47.0 Å². The van der Waals surface area contributed by atoms with Gasteiger partial charge in [-0.15, -0.1) is 47.0 Å². The fourth-order valence-corrected chi connectivity index (χ4v) is 5.04. The average Bonchev–Trinajstić information content (AvgIpc) is 2.53. The average molecular weight is 371 g/mol. The lowest BCUT2D eigenvalue weighted by molar-refractivity contribution is 0.471. The highest BCUT2D eigenvalue weighted by Gasteiger charge is 2.19. The third-order valence-electron chi connectivity index (χ3n) is 3.23. The van der Waals surface area contributed by atoms with Crippen LogP contribution in [0.4, 0.5) is 0 Å². The molecular weight excluding hydrogens is 352 g/mol. The van der Waals surface area contributed by atoms with Crippen molar-refractivity contribution in [2.75, 3.05) is 25.0 Å². The van der Waals surface area contributed by atoms with Crippen molar-refractivity contribution in [2.24, 2.45) is 0 Å². The minimum Gasteiger partial charge on any atom is -0.508 e. The third kappa shape index (κ3) is 3.50. The molecule has 0 atom stereocenters. The number of thioether (sulfide) groups is 4. The van der Waals surface area contributed by atoms with Gasteiger partial charge in [0.05, 0.1) is 0 Å². The monoisotopic (exact) mass is 370 g/mol. The second-order valence-corrected chi connectivity index (χ2v) is 7.84. The van der Waals surface area contributed by atoms with E-state index in [4.69, 9.17) is 0 Å². The van der Waals surface area contributed by atoms with E-state index in [-0.39, 0.29) is 11.5 Å². The Morgan fingerprint density at radius 3 is 0.955 bits per heavy atom. The molecule has 0 amide bonds. The highest BCUT2D eigenvalue weighted by atomic mass is 32.2. The summed E-state index contributed by atoms with van der Waals surface area (Å²) in [6.07, 6.45) is 8.06. The van der Waals surface area contributed by atoms with Gasteiger partial charge in [0.15, 0.2) is 0 Å². The van der Waals surface area contributed by atoms with Gasteiger partial charge in [-0.25, -0.2) is 0 Å². The zero-order valence-electron chi connectivity index (χ0n) is 12.8. The number of hydrogen-bond acceptors (Lipinski definition) is 6. The Morgan fingerprint density at radius 2 is 0.773 bits per heavy atom. The molecule has 0 bridgehead atoms. The largest absolute Gasteiger partial charge is 0.508 e. The SMILES string of the molecule is CSc1cc(O)cc(SC)c1-c1c(SC)cc(O)cc1SC. The minimum atomic E-state index is 0.285. The molecule has 0 saturated heterocycles.